The van der Waals surface area contributed by atoms with E-state index in [1.165, 1.54) is 22.9 Å². The Kier molecular flexibility index (Phi) is 8.38. The molecule has 38 heavy (non-hydrogen) atoms. The zero-order chi connectivity index (χ0) is 27.3. The molecule has 4 rings (SSSR count). The summed E-state index contributed by atoms with van der Waals surface area (Å²) in [7, 11) is 1.71. The highest BCUT2D eigenvalue weighted by molar-refractivity contribution is 6.25. The number of rotatable bonds is 8. The van der Waals surface area contributed by atoms with Gasteiger partial charge in [0.15, 0.2) is 0 Å². The molecule has 0 aliphatic heterocycles. The van der Waals surface area contributed by atoms with Crippen LogP contribution >= 0.6 is 11.6 Å². The number of nitrogens with zero attached hydrogens (tertiary/aromatic N) is 1. The SMILES string of the molecule is COc1c(C)cc(C)cc1-c1ccccc1N=Cc1cc(C)cc(C(C)(C)c2ccccc2)c1O/C=C\Cl. The first-order valence-corrected chi connectivity index (χ1v) is 13.1. The third kappa shape index (κ3) is 5.69. The Morgan fingerprint density at radius 1 is 0.789 bits per heavy atom. The average Bonchev–Trinajstić information content (AvgIpc) is 2.91. The van der Waals surface area contributed by atoms with E-state index in [4.69, 9.17) is 26.1 Å². The summed E-state index contributed by atoms with van der Waals surface area (Å²) >= 11 is 5.88. The Morgan fingerprint density at radius 3 is 2.18 bits per heavy atom. The van der Waals surface area contributed by atoms with E-state index in [-0.39, 0.29) is 5.41 Å². The molecule has 0 radical (unpaired) electrons. The number of aryl methyl sites for hydroxylation is 3. The number of hydrogen-bond acceptors (Lipinski definition) is 3. The number of ether oxygens (including phenoxy) is 2. The molecule has 0 aliphatic rings. The van der Waals surface area contributed by atoms with Gasteiger partial charge in [-0.1, -0.05) is 86.1 Å². The molecule has 0 amide bonds. The Labute approximate surface area is 231 Å². The van der Waals surface area contributed by atoms with Crippen LogP contribution < -0.4 is 9.47 Å². The lowest BCUT2D eigenvalue weighted by Crippen LogP contribution is -2.20. The van der Waals surface area contributed by atoms with Crippen LogP contribution in [-0.4, -0.2) is 13.3 Å². The molecule has 0 heterocycles. The maximum absolute atomic E-state index is 6.13. The van der Waals surface area contributed by atoms with Crippen LogP contribution in [0.1, 0.15) is 47.2 Å². The van der Waals surface area contributed by atoms with Gasteiger partial charge in [0.25, 0.3) is 0 Å². The van der Waals surface area contributed by atoms with Crippen molar-refractivity contribution in [1.29, 1.82) is 0 Å². The van der Waals surface area contributed by atoms with E-state index in [1.54, 1.807) is 7.11 Å². The fraction of sp³-hybridized carbons (Fsp3) is 0.206. The summed E-state index contributed by atoms with van der Waals surface area (Å²) in [6.45, 7) is 10.7. The predicted octanol–water partition coefficient (Wildman–Crippen LogP) is 9.45. The van der Waals surface area contributed by atoms with Gasteiger partial charge >= 0.3 is 0 Å². The topological polar surface area (TPSA) is 30.8 Å². The van der Waals surface area contributed by atoms with Gasteiger partial charge in [0.05, 0.1) is 12.8 Å². The molecule has 0 atom stereocenters. The summed E-state index contributed by atoms with van der Waals surface area (Å²) in [5.74, 6) is 1.59. The van der Waals surface area contributed by atoms with Crippen LogP contribution in [0.2, 0.25) is 0 Å². The average molecular weight is 524 g/mol. The summed E-state index contributed by atoms with van der Waals surface area (Å²) in [6.07, 6.45) is 3.38. The van der Waals surface area contributed by atoms with Crippen molar-refractivity contribution in [3.63, 3.8) is 0 Å². The molecule has 0 fully saturated rings. The molecule has 4 heteroatoms. The van der Waals surface area contributed by atoms with E-state index >= 15 is 0 Å². The lowest BCUT2D eigenvalue weighted by molar-refractivity contribution is 0.413. The maximum atomic E-state index is 6.13. The molecular formula is C34H34ClNO2. The molecule has 0 saturated heterocycles. The van der Waals surface area contributed by atoms with Gasteiger partial charge in [-0.05, 0) is 61.2 Å². The number of halogens is 1. The number of para-hydroxylation sites is 1. The van der Waals surface area contributed by atoms with Crippen LogP contribution in [0.15, 0.2) is 95.7 Å². The van der Waals surface area contributed by atoms with E-state index in [2.05, 4.69) is 89.2 Å². The fourth-order valence-electron chi connectivity index (χ4n) is 4.98. The van der Waals surface area contributed by atoms with E-state index in [0.29, 0.717) is 0 Å². The van der Waals surface area contributed by atoms with Crippen molar-refractivity contribution in [2.45, 2.75) is 40.0 Å². The number of hydrogen-bond donors (Lipinski definition) is 0. The Bertz CT molecular complexity index is 1490. The molecular weight excluding hydrogens is 490 g/mol. The summed E-state index contributed by atoms with van der Waals surface area (Å²) in [4.78, 5) is 4.98. The highest BCUT2D eigenvalue weighted by Gasteiger charge is 2.28. The first-order chi connectivity index (χ1) is 18.3. The van der Waals surface area contributed by atoms with Gasteiger partial charge in [0.1, 0.15) is 17.8 Å². The lowest BCUT2D eigenvalue weighted by atomic mass is 9.76. The van der Waals surface area contributed by atoms with E-state index in [0.717, 1.165) is 50.6 Å². The predicted molar refractivity (Wildman–Crippen MR) is 161 cm³/mol. The van der Waals surface area contributed by atoms with Crippen LogP contribution in [0.3, 0.4) is 0 Å². The fourth-order valence-corrected chi connectivity index (χ4v) is 5.03. The van der Waals surface area contributed by atoms with Crippen molar-refractivity contribution < 1.29 is 9.47 Å². The minimum Gasteiger partial charge on any atom is -0.496 e. The molecule has 0 unspecified atom stereocenters. The maximum Gasteiger partial charge on any atom is 0.139 e. The van der Waals surface area contributed by atoms with Gasteiger partial charge in [-0.3, -0.25) is 4.99 Å². The highest BCUT2D eigenvalue weighted by atomic mass is 35.5. The van der Waals surface area contributed by atoms with Gasteiger partial charge in [-0.15, -0.1) is 0 Å². The summed E-state index contributed by atoms with van der Waals surface area (Å²) < 4.78 is 11.9. The van der Waals surface area contributed by atoms with Crippen LogP contribution in [0, 0.1) is 20.8 Å². The number of aliphatic imine (C=N–C) groups is 1. The molecule has 0 saturated carbocycles. The zero-order valence-corrected chi connectivity index (χ0v) is 23.6. The molecule has 0 aliphatic carbocycles. The molecule has 0 bridgehead atoms. The third-order valence-corrected chi connectivity index (χ3v) is 6.93. The van der Waals surface area contributed by atoms with Crippen molar-refractivity contribution in [3.8, 4) is 22.6 Å². The van der Waals surface area contributed by atoms with Crippen molar-refractivity contribution in [2.24, 2.45) is 4.99 Å². The first-order valence-electron chi connectivity index (χ1n) is 12.7. The Balaban J connectivity index is 1.87. The smallest absolute Gasteiger partial charge is 0.139 e. The minimum atomic E-state index is -0.310. The quantitative estimate of drug-likeness (QED) is 0.170. The lowest BCUT2D eigenvalue weighted by Gasteiger charge is -2.29. The molecule has 0 aromatic heterocycles. The minimum absolute atomic E-state index is 0.310. The Morgan fingerprint density at radius 2 is 1.47 bits per heavy atom. The summed E-state index contributed by atoms with van der Waals surface area (Å²) in [5, 5.41) is 0. The first kappa shape index (κ1) is 27.2. The normalized spacial score (nSPS) is 11.9. The van der Waals surface area contributed by atoms with Crippen LogP contribution in [0.25, 0.3) is 11.1 Å². The largest absolute Gasteiger partial charge is 0.496 e. The highest BCUT2D eigenvalue weighted by Crippen LogP contribution is 2.41. The third-order valence-electron chi connectivity index (χ3n) is 6.83. The van der Waals surface area contributed by atoms with Crippen LogP contribution in [0.4, 0.5) is 5.69 Å². The Hall–Kier alpha value is -3.82. The zero-order valence-electron chi connectivity index (χ0n) is 22.9. The molecule has 0 N–H and O–H groups in total. The monoisotopic (exact) mass is 523 g/mol. The standard InChI is InChI=1S/C34H34ClNO2/c1-23-18-25(3)32(37-6)29(20-23)28-14-10-11-15-31(28)36-22-26-19-24(2)21-30(33(26)38-17-16-35)34(4,5)27-12-8-7-9-13-27/h7-22H,1-6H3/b17-16-,36-22?. The molecule has 4 aromatic rings. The van der Waals surface area contributed by atoms with E-state index in [1.807, 2.05) is 30.5 Å². The van der Waals surface area contributed by atoms with Crippen molar-refractivity contribution >= 4 is 23.5 Å². The van der Waals surface area contributed by atoms with Crippen molar-refractivity contribution in [2.75, 3.05) is 7.11 Å². The van der Waals surface area contributed by atoms with E-state index < -0.39 is 0 Å². The van der Waals surface area contributed by atoms with Crippen LogP contribution in [-0.2, 0) is 5.41 Å². The molecule has 0 spiro atoms. The second-order valence-electron chi connectivity index (χ2n) is 10.0. The van der Waals surface area contributed by atoms with Gasteiger partial charge in [-0.25, -0.2) is 0 Å². The second-order valence-corrected chi connectivity index (χ2v) is 10.3. The van der Waals surface area contributed by atoms with E-state index in [9.17, 15) is 0 Å². The van der Waals surface area contributed by atoms with Crippen molar-refractivity contribution in [1.82, 2.24) is 0 Å². The number of benzene rings is 4. The van der Waals surface area contributed by atoms with Gasteiger partial charge in [0.2, 0.25) is 0 Å². The second kappa shape index (κ2) is 11.7. The van der Waals surface area contributed by atoms with Crippen molar-refractivity contribution in [3.05, 3.63) is 124 Å². The molecule has 4 aromatic carbocycles. The molecule has 194 valence electrons. The summed E-state index contributed by atoms with van der Waals surface area (Å²) in [5.41, 5.74) is 10.5. The molecule has 3 nitrogen and oxygen atoms in total. The summed E-state index contributed by atoms with van der Waals surface area (Å²) in [6, 6.07) is 27.1. The number of methoxy groups -OCH3 is 1. The van der Waals surface area contributed by atoms with Gasteiger partial charge in [-0.2, -0.15) is 0 Å². The van der Waals surface area contributed by atoms with Gasteiger partial charge < -0.3 is 9.47 Å². The van der Waals surface area contributed by atoms with Crippen LogP contribution in [0.5, 0.6) is 11.5 Å². The van der Waals surface area contributed by atoms with Gasteiger partial charge in [0, 0.05) is 39.4 Å².